The van der Waals surface area contributed by atoms with E-state index < -0.39 is 12.0 Å². The maximum Gasteiger partial charge on any atom is 0.328 e. The molecule has 21 heavy (non-hydrogen) atoms. The molecule has 2 N–H and O–H groups in total. The van der Waals surface area contributed by atoms with E-state index in [1.165, 1.54) is 17.7 Å². The number of carboxylic acids is 1. The summed E-state index contributed by atoms with van der Waals surface area (Å²) in [6, 6.07) is -1.20. The van der Waals surface area contributed by atoms with Gasteiger partial charge in [0, 0.05) is 19.6 Å². The van der Waals surface area contributed by atoms with Crippen molar-refractivity contribution in [1.82, 2.24) is 15.1 Å². The second kappa shape index (κ2) is 6.78. The molecule has 7 nitrogen and oxygen atoms in total. The van der Waals surface area contributed by atoms with Crippen LogP contribution in [-0.2, 0) is 9.59 Å². The lowest BCUT2D eigenvalue weighted by atomic mass is 10.1. The normalized spacial score (nSPS) is 24.1. The number of piperazine rings is 1. The van der Waals surface area contributed by atoms with E-state index in [0.717, 1.165) is 25.7 Å². The highest BCUT2D eigenvalue weighted by atomic mass is 16.4. The van der Waals surface area contributed by atoms with E-state index in [1.807, 2.05) is 0 Å². The number of carbonyl (C=O) groups excluding carboxylic acids is 2. The highest BCUT2D eigenvalue weighted by Gasteiger charge is 2.37. The van der Waals surface area contributed by atoms with E-state index in [2.05, 4.69) is 5.32 Å². The first-order valence-corrected chi connectivity index (χ1v) is 7.53. The van der Waals surface area contributed by atoms with E-state index in [1.54, 1.807) is 11.9 Å². The van der Waals surface area contributed by atoms with Crippen LogP contribution in [0.4, 0.5) is 4.79 Å². The van der Waals surface area contributed by atoms with Crippen molar-refractivity contribution in [2.24, 2.45) is 0 Å². The number of nitrogens with zero attached hydrogens (tertiary/aromatic N) is 2. The molecule has 1 atom stereocenters. The van der Waals surface area contributed by atoms with Crippen LogP contribution in [0.25, 0.3) is 0 Å². The molecule has 0 radical (unpaired) electrons. The fourth-order valence-corrected chi connectivity index (χ4v) is 3.07. The molecular formula is C14H23N3O4. The van der Waals surface area contributed by atoms with Crippen LogP contribution in [0.15, 0.2) is 0 Å². The second-order valence-corrected chi connectivity index (χ2v) is 5.82. The predicted molar refractivity (Wildman–Crippen MR) is 75.8 cm³/mol. The summed E-state index contributed by atoms with van der Waals surface area (Å²) in [5.74, 6) is -1.40. The molecule has 1 aliphatic carbocycles. The van der Waals surface area contributed by atoms with E-state index in [-0.39, 0.29) is 31.1 Å². The molecule has 0 bridgehead atoms. The number of aliphatic carboxylic acids is 1. The fourth-order valence-electron chi connectivity index (χ4n) is 3.07. The SMILES string of the molecule is CN(C(=O)N1CC(=O)NCC1C(=O)O)C1CCCCCC1. The second-order valence-electron chi connectivity index (χ2n) is 5.82. The summed E-state index contributed by atoms with van der Waals surface area (Å²) in [4.78, 5) is 38.1. The summed E-state index contributed by atoms with van der Waals surface area (Å²) in [7, 11) is 1.71. The van der Waals surface area contributed by atoms with Crippen molar-refractivity contribution in [3.63, 3.8) is 0 Å². The summed E-state index contributed by atoms with van der Waals surface area (Å²) < 4.78 is 0. The van der Waals surface area contributed by atoms with Gasteiger partial charge in [0.2, 0.25) is 5.91 Å². The largest absolute Gasteiger partial charge is 0.480 e. The molecule has 1 aliphatic heterocycles. The predicted octanol–water partition coefficient (Wildman–Crippen LogP) is 0.646. The highest BCUT2D eigenvalue weighted by molar-refractivity contribution is 5.90. The van der Waals surface area contributed by atoms with Gasteiger partial charge < -0.3 is 15.3 Å². The van der Waals surface area contributed by atoms with Crippen molar-refractivity contribution >= 4 is 17.9 Å². The first-order valence-electron chi connectivity index (χ1n) is 7.53. The van der Waals surface area contributed by atoms with E-state index in [4.69, 9.17) is 0 Å². The average molecular weight is 297 g/mol. The Bertz CT molecular complexity index is 418. The number of rotatable bonds is 2. The fraction of sp³-hybridized carbons (Fsp3) is 0.786. The summed E-state index contributed by atoms with van der Waals surface area (Å²) in [5, 5.41) is 11.7. The van der Waals surface area contributed by atoms with Crippen LogP contribution in [-0.4, -0.2) is 65.0 Å². The molecule has 2 aliphatic rings. The lowest BCUT2D eigenvalue weighted by Crippen LogP contribution is -2.62. The zero-order chi connectivity index (χ0) is 15.4. The van der Waals surface area contributed by atoms with Crippen molar-refractivity contribution in [1.29, 1.82) is 0 Å². The molecule has 2 fully saturated rings. The van der Waals surface area contributed by atoms with Gasteiger partial charge in [-0.2, -0.15) is 0 Å². The third-order valence-electron chi connectivity index (χ3n) is 4.39. The molecule has 1 heterocycles. The van der Waals surface area contributed by atoms with Crippen LogP contribution in [0.2, 0.25) is 0 Å². The molecule has 1 saturated heterocycles. The number of carboxylic acid groups (broad SMARTS) is 1. The Morgan fingerprint density at radius 3 is 2.43 bits per heavy atom. The Morgan fingerprint density at radius 2 is 1.86 bits per heavy atom. The Kier molecular flexibility index (Phi) is 5.03. The highest BCUT2D eigenvalue weighted by Crippen LogP contribution is 2.22. The molecule has 0 aromatic carbocycles. The van der Waals surface area contributed by atoms with E-state index in [9.17, 15) is 19.5 Å². The molecule has 1 saturated carbocycles. The smallest absolute Gasteiger partial charge is 0.328 e. The van der Waals surface area contributed by atoms with Gasteiger partial charge >= 0.3 is 12.0 Å². The number of carbonyl (C=O) groups is 3. The maximum absolute atomic E-state index is 12.6. The first-order chi connectivity index (χ1) is 10.0. The van der Waals surface area contributed by atoms with Crippen LogP contribution < -0.4 is 5.32 Å². The van der Waals surface area contributed by atoms with Gasteiger partial charge in [-0.15, -0.1) is 0 Å². The number of hydrogen-bond donors (Lipinski definition) is 2. The van der Waals surface area contributed by atoms with Crippen molar-refractivity contribution in [2.45, 2.75) is 50.6 Å². The summed E-state index contributed by atoms with van der Waals surface area (Å²) in [6.45, 7) is -0.217. The van der Waals surface area contributed by atoms with Gasteiger partial charge in [0.25, 0.3) is 0 Å². The summed E-state index contributed by atoms with van der Waals surface area (Å²) in [6.07, 6.45) is 6.43. The van der Waals surface area contributed by atoms with Crippen molar-refractivity contribution in [3.8, 4) is 0 Å². The van der Waals surface area contributed by atoms with Gasteiger partial charge in [-0.1, -0.05) is 25.7 Å². The molecule has 0 aromatic rings. The van der Waals surface area contributed by atoms with Crippen LogP contribution in [0.3, 0.4) is 0 Å². The number of hydrogen-bond acceptors (Lipinski definition) is 3. The minimum atomic E-state index is -1.09. The minimum absolute atomic E-state index is 0.0294. The topological polar surface area (TPSA) is 90.0 Å². The molecule has 3 amide bonds. The molecule has 2 rings (SSSR count). The van der Waals surface area contributed by atoms with Gasteiger partial charge in [0.05, 0.1) is 0 Å². The van der Waals surface area contributed by atoms with Gasteiger partial charge in [-0.25, -0.2) is 9.59 Å². The van der Waals surface area contributed by atoms with Gasteiger partial charge in [0.15, 0.2) is 0 Å². The quantitative estimate of drug-likeness (QED) is 0.732. The average Bonchev–Trinajstić information content (AvgIpc) is 2.74. The third kappa shape index (κ3) is 3.65. The summed E-state index contributed by atoms with van der Waals surface area (Å²) >= 11 is 0. The number of urea groups is 1. The number of nitrogens with one attached hydrogen (secondary N) is 1. The van der Waals surface area contributed by atoms with Crippen LogP contribution in [0, 0.1) is 0 Å². The third-order valence-corrected chi connectivity index (χ3v) is 4.39. The Morgan fingerprint density at radius 1 is 1.24 bits per heavy atom. The zero-order valence-corrected chi connectivity index (χ0v) is 12.4. The van der Waals surface area contributed by atoms with Gasteiger partial charge in [-0.3, -0.25) is 9.69 Å². The Balaban J connectivity index is 2.07. The molecule has 118 valence electrons. The molecule has 0 spiro atoms. The van der Waals surface area contributed by atoms with Crippen molar-refractivity contribution in [3.05, 3.63) is 0 Å². The lowest BCUT2D eigenvalue weighted by molar-refractivity contribution is -0.144. The summed E-state index contributed by atoms with van der Waals surface area (Å²) in [5.41, 5.74) is 0. The van der Waals surface area contributed by atoms with Crippen molar-refractivity contribution < 1.29 is 19.5 Å². The molecule has 7 heteroatoms. The molecular weight excluding hydrogens is 274 g/mol. The van der Waals surface area contributed by atoms with Crippen molar-refractivity contribution in [2.75, 3.05) is 20.1 Å². The first kappa shape index (κ1) is 15.6. The van der Waals surface area contributed by atoms with Crippen LogP contribution in [0.5, 0.6) is 0 Å². The molecule has 1 unspecified atom stereocenters. The standard InChI is InChI=1S/C14H23N3O4/c1-16(10-6-4-2-3-5-7-10)14(21)17-9-12(18)15-8-11(17)13(19)20/h10-11H,2-9H2,1H3,(H,15,18)(H,19,20). The van der Waals surface area contributed by atoms with Gasteiger partial charge in [0.1, 0.15) is 12.6 Å². The van der Waals surface area contributed by atoms with E-state index in [0.29, 0.717) is 0 Å². The molecule has 0 aromatic heterocycles. The monoisotopic (exact) mass is 297 g/mol. The maximum atomic E-state index is 12.6. The van der Waals surface area contributed by atoms with Gasteiger partial charge in [-0.05, 0) is 12.8 Å². The van der Waals surface area contributed by atoms with E-state index >= 15 is 0 Å². The Labute approximate surface area is 124 Å². The zero-order valence-electron chi connectivity index (χ0n) is 12.4. The Hall–Kier alpha value is -1.79. The lowest BCUT2D eigenvalue weighted by Gasteiger charge is -2.38. The minimum Gasteiger partial charge on any atom is -0.480 e. The van der Waals surface area contributed by atoms with Crippen LogP contribution >= 0.6 is 0 Å². The number of amides is 3. The van der Waals surface area contributed by atoms with Crippen LogP contribution in [0.1, 0.15) is 38.5 Å².